The maximum absolute atomic E-state index is 9.09. The Morgan fingerprint density at radius 3 is 2.95 bits per heavy atom. The third-order valence-electron chi connectivity index (χ3n) is 4.58. The molecule has 0 fully saturated rings. The molecule has 0 saturated heterocycles. The lowest BCUT2D eigenvalue weighted by molar-refractivity contribution is 0.273. The molecule has 112 valence electrons. The maximum Gasteiger partial charge on any atom is 0.265 e. The number of fused-ring (bicyclic) bond motifs is 1. The van der Waals surface area contributed by atoms with Crippen LogP contribution in [-0.2, 0) is 7.05 Å². The van der Waals surface area contributed by atoms with Crippen molar-refractivity contribution in [1.82, 2.24) is 9.78 Å². The smallest absolute Gasteiger partial charge is 0.265 e. The standard InChI is InChI=1S/C17H20BN3O/c1-12-16(10-20-21(12)3)15-6-4-5-14-13(9-18(2)11-19)7-8-22-17(14)15/h4-6,10,13H,7-9H2,1-3H3. The minimum Gasteiger partial charge on any atom is -0.493 e. The summed E-state index contributed by atoms with van der Waals surface area (Å²) in [6.45, 7) is 4.84. The highest BCUT2D eigenvalue weighted by atomic mass is 16.5. The molecule has 1 aliphatic heterocycles. The number of hydrogen-bond acceptors (Lipinski definition) is 3. The molecule has 1 atom stereocenters. The predicted octanol–water partition coefficient (Wildman–Crippen LogP) is 3.45. The van der Waals surface area contributed by atoms with Crippen LogP contribution in [0.1, 0.15) is 23.6 Å². The Balaban J connectivity index is 2.04. The Morgan fingerprint density at radius 1 is 1.45 bits per heavy atom. The molecule has 1 unspecified atom stereocenters. The van der Waals surface area contributed by atoms with Crippen molar-refractivity contribution in [2.45, 2.75) is 32.4 Å². The molecule has 0 spiro atoms. The van der Waals surface area contributed by atoms with Crippen LogP contribution < -0.4 is 4.74 Å². The molecule has 2 heterocycles. The normalized spacial score (nSPS) is 16.5. The fourth-order valence-electron chi connectivity index (χ4n) is 3.20. The Kier molecular flexibility index (Phi) is 3.93. The first-order chi connectivity index (χ1) is 10.6. The van der Waals surface area contributed by atoms with Gasteiger partial charge in [0.25, 0.3) is 6.71 Å². The lowest BCUT2D eigenvalue weighted by Crippen LogP contribution is -2.19. The molecule has 5 heteroatoms. The number of rotatable bonds is 3. The number of hydrogen-bond donors (Lipinski definition) is 0. The van der Waals surface area contributed by atoms with E-state index in [0.29, 0.717) is 12.5 Å². The molecule has 22 heavy (non-hydrogen) atoms. The van der Waals surface area contributed by atoms with Crippen molar-refractivity contribution in [2.24, 2.45) is 7.05 Å². The molecule has 0 N–H and O–H groups in total. The number of nitriles is 1. The quantitative estimate of drug-likeness (QED) is 0.814. The monoisotopic (exact) mass is 293 g/mol. The predicted molar refractivity (Wildman–Crippen MR) is 88.3 cm³/mol. The van der Waals surface area contributed by atoms with E-state index in [0.717, 1.165) is 35.3 Å². The molecule has 0 amide bonds. The summed E-state index contributed by atoms with van der Waals surface area (Å²) in [5.41, 5.74) is 4.59. The zero-order valence-electron chi connectivity index (χ0n) is 13.3. The van der Waals surface area contributed by atoms with Crippen LogP contribution in [0.2, 0.25) is 13.1 Å². The summed E-state index contributed by atoms with van der Waals surface area (Å²) in [5.74, 6) is 3.72. The minimum absolute atomic E-state index is 0.0692. The maximum atomic E-state index is 9.09. The molecular formula is C17H20BN3O. The van der Waals surface area contributed by atoms with Crippen molar-refractivity contribution >= 4 is 6.71 Å². The summed E-state index contributed by atoms with van der Waals surface area (Å²) >= 11 is 0. The van der Waals surface area contributed by atoms with Gasteiger partial charge in [0, 0.05) is 29.8 Å². The molecule has 0 bridgehead atoms. The molecule has 4 nitrogen and oxygen atoms in total. The van der Waals surface area contributed by atoms with Gasteiger partial charge in [-0.2, -0.15) is 5.10 Å². The van der Waals surface area contributed by atoms with Crippen LogP contribution in [0.25, 0.3) is 11.1 Å². The molecule has 0 aliphatic carbocycles. The van der Waals surface area contributed by atoms with Gasteiger partial charge < -0.3 is 4.74 Å². The summed E-state index contributed by atoms with van der Waals surface area (Å²) < 4.78 is 7.88. The Bertz CT molecular complexity index is 732. The van der Waals surface area contributed by atoms with Crippen molar-refractivity contribution in [3.05, 3.63) is 35.7 Å². The third-order valence-corrected chi connectivity index (χ3v) is 4.58. The first-order valence-electron chi connectivity index (χ1n) is 7.76. The van der Waals surface area contributed by atoms with Crippen LogP contribution in [0.5, 0.6) is 5.75 Å². The van der Waals surface area contributed by atoms with Gasteiger partial charge in [0.1, 0.15) is 5.75 Å². The van der Waals surface area contributed by atoms with E-state index in [4.69, 9.17) is 10.00 Å². The number of aromatic nitrogens is 2. The number of para-hydroxylation sites is 1. The van der Waals surface area contributed by atoms with E-state index in [2.05, 4.69) is 36.2 Å². The Morgan fingerprint density at radius 2 is 2.27 bits per heavy atom. The van der Waals surface area contributed by atoms with E-state index < -0.39 is 0 Å². The highest BCUT2D eigenvalue weighted by Crippen LogP contribution is 2.43. The van der Waals surface area contributed by atoms with Crippen molar-refractivity contribution in [1.29, 1.82) is 5.26 Å². The summed E-state index contributed by atoms with van der Waals surface area (Å²) in [6.07, 6.45) is 3.77. The topological polar surface area (TPSA) is 50.8 Å². The molecule has 3 rings (SSSR count). The fraction of sp³-hybridized carbons (Fsp3) is 0.412. The SMILES string of the molecule is CB(C#N)CC1CCOc2c(-c3cnn(C)c3C)cccc21. The van der Waals surface area contributed by atoms with Crippen LogP contribution in [0, 0.1) is 18.2 Å². The molecule has 1 aromatic heterocycles. The van der Waals surface area contributed by atoms with Gasteiger partial charge in [-0.05, 0) is 24.8 Å². The second kappa shape index (κ2) is 5.88. The highest BCUT2D eigenvalue weighted by Gasteiger charge is 2.27. The zero-order valence-corrected chi connectivity index (χ0v) is 13.3. The molecular weight excluding hydrogens is 273 g/mol. The van der Waals surface area contributed by atoms with E-state index in [9.17, 15) is 0 Å². The van der Waals surface area contributed by atoms with E-state index in [1.54, 1.807) is 0 Å². The highest BCUT2D eigenvalue weighted by molar-refractivity contribution is 6.65. The number of ether oxygens (including phenoxy) is 1. The molecule has 2 aromatic rings. The summed E-state index contributed by atoms with van der Waals surface area (Å²) in [6, 6.07) is 6.32. The van der Waals surface area contributed by atoms with E-state index >= 15 is 0 Å². The van der Waals surface area contributed by atoms with Gasteiger partial charge in [-0.3, -0.25) is 4.68 Å². The van der Waals surface area contributed by atoms with Crippen LogP contribution in [0.3, 0.4) is 0 Å². The molecule has 1 aliphatic rings. The van der Waals surface area contributed by atoms with Crippen molar-refractivity contribution in [2.75, 3.05) is 6.61 Å². The van der Waals surface area contributed by atoms with Crippen LogP contribution in [0.15, 0.2) is 24.4 Å². The van der Waals surface area contributed by atoms with Gasteiger partial charge in [0.15, 0.2) is 0 Å². The van der Waals surface area contributed by atoms with Crippen molar-refractivity contribution in [3.8, 4) is 22.8 Å². The first-order valence-corrected chi connectivity index (χ1v) is 7.76. The van der Waals surface area contributed by atoms with Gasteiger partial charge in [0.2, 0.25) is 0 Å². The van der Waals surface area contributed by atoms with Crippen molar-refractivity contribution in [3.63, 3.8) is 0 Å². The Labute approximate surface area is 131 Å². The molecule has 1 aromatic carbocycles. The van der Waals surface area contributed by atoms with Gasteiger partial charge >= 0.3 is 0 Å². The van der Waals surface area contributed by atoms with E-state index in [1.807, 2.05) is 24.7 Å². The number of benzene rings is 1. The second-order valence-electron chi connectivity index (χ2n) is 6.09. The number of aryl methyl sites for hydroxylation is 1. The lowest BCUT2D eigenvalue weighted by Gasteiger charge is -2.28. The van der Waals surface area contributed by atoms with Gasteiger partial charge in [-0.25, -0.2) is 5.26 Å². The number of nitrogens with zero attached hydrogens (tertiary/aromatic N) is 3. The van der Waals surface area contributed by atoms with Crippen molar-refractivity contribution < 1.29 is 4.74 Å². The van der Waals surface area contributed by atoms with Crippen LogP contribution >= 0.6 is 0 Å². The Hall–Kier alpha value is -2.22. The molecule has 0 radical (unpaired) electrons. The lowest BCUT2D eigenvalue weighted by atomic mass is 9.48. The van der Waals surface area contributed by atoms with Gasteiger partial charge in [-0.1, -0.05) is 31.3 Å². The van der Waals surface area contributed by atoms with Gasteiger partial charge in [-0.15, -0.1) is 0 Å². The summed E-state index contributed by atoms with van der Waals surface area (Å²) in [5, 5.41) is 13.4. The second-order valence-corrected chi connectivity index (χ2v) is 6.09. The summed E-state index contributed by atoms with van der Waals surface area (Å²) in [4.78, 5) is 0. The van der Waals surface area contributed by atoms with Crippen LogP contribution in [0.4, 0.5) is 0 Å². The van der Waals surface area contributed by atoms with Gasteiger partial charge in [0.05, 0.1) is 12.8 Å². The molecule has 0 saturated carbocycles. The fourth-order valence-corrected chi connectivity index (χ4v) is 3.20. The average molecular weight is 293 g/mol. The summed E-state index contributed by atoms with van der Waals surface area (Å²) in [7, 11) is 1.95. The third kappa shape index (κ3) is 2.50. The van der Waals surface area contributed by atoms with E-state index in [-0.39, 0.29) is 6.71 Å². The largest absolute Gasteiger partial charge is 0.493 e. The van der Waals surface area contributed by atoms with Crippen LogP contribution in [-0.4, -0.2) is 23.1 Å². The van der Waals surface area contributed by atoms with E-state index in [1.165, 1.54) is 5.56 Å². The first kappa shape index (κ1) is 14.7. The minimum atomic E-state index is 0.0692. The average Bonchev–Trinajstić information content (AvgIpc) is 2.86. The zero-order chi connectivity index (χ0) is 15.7.